The van der Waals surface area contributed by atoms with E-state index in [2.05, 4.69) is 5.43 Å². The minimum absolute atomic E-state index is 0. The van der Waals surface area contributed by atoms with Crippen LogP contribution in [0.3, 0.4) is 0 Å². The van der Waals surface area contributed by atoms with Crippen LogP contribution in [-0.4, -0.2) is 30.6 Å². The molecule has 34 heavy (non-hydrogen) atoms. The van der Waals surface area contributed by atoms with Crippen LogP contribution in [0, 0.1) is 0 Å². The zero-order valence-electron chi connectivity index (χ0n) is 18.2. The number of nitrogens with zero attached hydrogens (tertiary/aromatic N) is 1. The van der Waals surface area contributed by atoms with Crippen LogP contribution in [-0.2, 0) is 21.9 Å². The van der Waals surface area contributed by atoms with E-state index in [9.17, 15) is 31.1 Å². The van der Waals surface area contributed by atoms with Crippen molar-refractivity contribution in [2.45, 2.75) is 50.4 Å². The van der Waals surface area contributed by atoms with Gasteiger partial charge in [0, 0.05) is 12.5 Å². The van der Waals surface area contributed by atoms with Crippen molar-refractivity contribution in [2.24, 2.45) is 0 Å². The van der Waals surface area contributed by atoms with Crippen molar-refractivity contribution in [2.75, 3.05) is 13.1 Å². The summed E-state index contributed by atoms with van der Waals surface area (Å²) in [5.41, 5.74) is 0.847. The number of hydrogen-bond donors (Lipinski definition) is 1. The van der Waals surface area contributed by atoms with Gasteiger partial charge in [-0.2, -0.15) is 26.3 Å². The average molecular weight is 511 g/mol. The van der Waals surface area contributed by atoms with Crippen LogP contribution in [0.1, 0.15) is 54.0 Å². The second kappa shape index (κ2) is 11.5. The molecular weight excluding hydrogens is 486 g/mol. The van der Waals surface area contributed by atoms with Crippen molar-refractivity contribution in [3.8, 4) is 0 Å². The zero-order chi connectivity index (χ0) is 24.2. The fourth-order valence-corrected chi connectivity index (χ4v) is 3.99. The largest absolute Gasteiger partial charge is 0.416 e. The Hall–Kier alpha value is -2.14. The summed E-state index contributed by atoms with van der Waals surface area (Å²) in [6.07, 6.45) is -9.54. The number of piperidine rings is 1. The van der Waals surface area contributed by atoms with Gasteiger partial charge in [0.15, 0.2) is 0 Å². The number of aldehydes is 1. The highest BCUT2D eigenvalue weighted by Gasteiger charge is 2.39. The Morgan fingerprint density at radius 2 is 1.65 bits per heavy atom. The van der Waals surface area contributed by atoms with Crippen molar-refractivity contribution in [1.29, 1.82) is 0 Å². The van der Waals surface area contributed by atoms with E-state index < -0.39 is 35.8 Å². The number of ether oxygens (including phenoxy) is 1. The number of benzene rings is 2. The van der Waals surface area contributed by atoms with Gasteiger partial charge in [-0.15, -0.1) is 12.4 Å². The summed E-state index contributed by atoms with van der Waals surface area (Å²) in [5.74, 6) is -0.200. The number of rotatable bonds is 7. The van der Waals surface area contributed by atoms with Crippen molar-refractivity contribution in [1.82, 2.24) is 10.4 Å². The van der Waals surface area contributed by atoms with Gasteiger partial charge in [-0.25, -0.2) is 10.4 Å². The van der Waals surface area contributed by atoms with Gasteiger partial charge in [0.05, 0.1) is 23.8 Å². The molecule has 1 aliphatic heterocycles. The highest BCUT2D eigenvalue weighted by Crippen LogP contribution is 2.40. The Labute approximate surface area is 199 Å². The summed E-state index contributed by atoms with van der Waals surface area (Å²) in [6.45, 7) is 1.92. The van der Waals surface area contributed by atoms with Crippen LogP contribution in [0.15, 0.2) is 48.5 Å². The molecule has 1 fully saturated rings. The molecule has 1 N–H and O–H groups in total. The number of halogens is 7. The molecule has 0 bridgehead atoms. The molecule has 3 rings (SSSR count). The van der Waals surface area contributed by atoms with Gasteiger partial charge in [-0.1, -0.05) is 30.3 Å². The van der Waals surface area contributed by atoms with Crippen LogP contribution in [0.5, 0.6) is 0 Å². The maximum atomic E-state index is 13.3. The third-order valence-electron chi connectivity index (χ3n) is 5.59. The van der Waals surface area contributed by atoms with Crippen LogP contribution < -0.4 is 5.43 Å². The molecule has 0 saturated carbocycles. The molecule has 4 nitrogen and oxygen atoms in total. The SMILES string of the molecule is C[C@@H](OC1C(c2ccccc2)CCCN1NCC=O)c1cc(C(F)(F)F)cc(C(F)(F)F)c1.Cl. The van der Waals surface area contributed by atoms with Crippen molar-refractivity contribution >= 4 is 18.7 Å². The smallest absolute Gasteiger partial charge is 0.354 e. The highest BCUT2D eigenvalue weighted by atomic mass is 35.5. The first-order chi connectivity index (χ1) is 15.5. The van der Waals surface area contributed by atoms with E-state index in [0.717, 1.165) is 12.0 Å². The maximum Gasteiger partial charge on any atom is 0.416 e. The Morgan fingerprint density at radius 1 is 1.06 bits per heavy atom. The summed E-state index contributed by atoms with van der Waals surface area (Å²) in [7, 11) is 0. The lowest BCUT2D eigenvalue weighted by molar-refractivity contribution is -0.148. The van der Waals surface area contributed by atoms with E-state index >= 15 is 0 Å². The van der Waals surface area contributed by atoms with Crippen LogP contribution in [0.25, 0.3) is 0 Å². The van der Waals surface area contributed by atoms with Crippen LogP contribution in [0.4, 0.5) is 26.3 Å². The van der Waals surface area contributed by atoms with Crippen molar-refractivity contribution in [3.05, 3.63) is 70.8 Å². The summed E-state index contributed by atoms with van der Waals surface area (Å²) in [5, 5.41) is 1.68. The maximum absolute atomic E-state index is 13.3. The Morgan fingerprint density at radius 3 is 2.18 bits per heavy atom. The predicted molar refractivity (Wildman–Crippen MR) is 116 cm³/mol. The van der Waals surface area contributed by atoms with E-state index in [0.29, 0.717) is 31.4 Å². The summed E-state index contributed by atoms with van der Waals surface area (Å²) in [4.78, 5) is 10.9. The second-order valence-electron chi connectivity index (χ2n) is 7.89. The van der Waals surface area contributed by atoms with Gasteiger partial charge in [-0.3, -0.25) is 0 Å². The summed E-state index contributed by atoms with van der Waals surface area (Å²) in [6, 6.07) is 10.8. The minimum Gasteiger partial charge on any atom is -0.354 e. The third-order valence-corrected chi connectivity index (χ3v) is 5.59. The Kier molecular flexibility index (Phi) is 9.53. The molecule has 1 aliphatic rings. The topological polar surface area (TPSA) is 41.6 Å². The van der Waals surface area contributed by atoms with Gasteiger partial charge < -0.3 is 9.53 Å². The molecule has 2 aromatic carbocycles. The molecule has 0 spiro atoms. The van der Waals surface area contributed by atoms with E-state index in [1.165, 1.54) is 6.92 Å². The number of alkyl halides is 6. The van der Waals surface area contributed by atoms with Gasteiger partial charge in [0.1, 0.15) is 12.5 Å². The second-order valence-corrected chi connectivity index (χ2v) is 7.89. The lowest BCUT2D eigenvalue weighted by Gasteiger charge is -2.42. The molecule has 0 amide bonds. The first-order valence-electron chi connectivity index (χ1n) is 10.4. The summed E-state index contributed by atoms with van der Waals surface area (Å²) < 4.78 is 85.8. The molecule has 2 unspecified atom stereocenters. The van der Waals surface area contributed by atoms with Crippen molar-refractivity contribution in [3.63, 3.8) is 0 Å². The minimum atomic E-state index is -4.94. The molecule has 11 heteroatoms. The lowest BCUT2D eigenvalue weighted by atomic mass is 9.89. The van der Waals surface area contributed by atoms with Gasteiger partial charge in [0.25, 0.3) is 0 Å². The molecule has 1 heterocycles. The fourth-order valence-electron chi connectivity index (χ4n) is 3.99. The molecule has 3 atom stereocenters. The standard InChI is InChI=1S/C23H24F6N2O2.ClH/c1-15(17-12-18(22(24,25)26)14-19(13-17)23(27,28)29)33-21-20(16-6-3-2-4-7-16)8-5-10-31(21)30-9-11-32;/h2-4,6-7,11-15,20-21,30H,5,8-10H2,1H3;1H/t15-,20?,21?;/m1./s1. The fraction of sp³-hybridized carbons (Fsp3) is 0.435. The van der Waals surface area contributed by atoms with Gasteiger partial charge in [0.2, 0.25) is 0 Å². The average Bonchev–Trinajstić information content (AvgIpc) is 2.77. The molecular formula is C23H25ClF6N2O2. The van der Waals surface area contributed by atoms with Crippen molar-refractivity contribution < 1.29 is 35.9 Å². The number of carbonyl (C=O) groups excluding carboxylic acids is 1. The van der Waals surface area contributed by atoms with Gasteiger partial charge in [-0.05, 0) is 49.1 Å². The Balaban J connectivity index is 0.00000408. The quantitative estimate of drug-likeness (QED) is 0.359. The molecule has 188 valence electrons. The first kappa shape index (κ1) is 28.1. The highest BCUT2D eigenvalue weighted by molar-refractivity contribution is 5.85. The molecule has 1 saturated heterocycles. The lowest BCUT2D eigenvalue weighted by Crippen LogP contribution is -2.53. The number of carbonyl (C=O) groups is 1. The van der Waals surface area contributed by atoms with E-state index in [-0.39, 0.29) is 36.5 Å². The molecule has 0 radical (unpaired) electrons. The third kappa shape index (κ3) is 6.94. The van der Waals surface area contributed by atoms with E-state index in [1.54, 1.807) is 5.01 Å². The van der Waals surface area contributed by atoms with E-state index in [4.69, 9.17) is 4.74 Å². The monoisotopic (exact) mass is 510 g/mol. The molecule has 0 aromatic heterocycles. The predicted octanol–water partition coefficient (Wildman–Crippen LogP) is 6.13. The van der Waals surface area contributed by atoms with Crippen LogP contribution >= 0.6 is 12.4 Å². The molecule has 0 aliphatic carbocycles. The molecule has 2 aromatic rings. The zero-order valence-corrected chi connectivity index (χ0v) is 19.0. The first-order valence-corrected chi connectivity index (χ1v) is 10.4. The van der Waals surface area contributed by atoms with E-state index in [1.807, 2.05) is 30.3 Å². The number of hydrazine groups is 1. The number of nitrogens with one attached hydrogen (secondary N) is 1. The van der Waals surface area contributed by atoms with Gasteiger partial charge >= 0.3 is 12.4 Å². The van der Waals surface area contributed by atoms with Crippen LogP contribution in [0.2, 0.25) is 0 Å². The normalized spacial score (nSPS) is 20.4. The Bertz CT molecular complexity index is 907. The number of hydrogen-bond acceptors (Lipinski definition) is 4. The summed E-state index contributed by atoms with van der Waals surface area (Å²) >= 11 is 0.